The Hall–Kier alpha value is -2.58. The molecular weight excluding hydrogens is 400 g/mol. The molecule has 7 nitrogen and oxygen atoms in total. The molecule has 2 aliphatic rings. The van der Waals surface area contributed by atoms with Crippen LogP contribution in [0, 0.1) is 0 Å². The van der Waals surface area contributed by atoms with Gasteiger partial charge in [0, 0.05) is 18.0 Å². The molecule has 4 rings (SSSR count). The zero-order chi connectivity index (χ0) is 21.3. The lowest BCUT2D eigenvalue weighted by Crippen LogP contribution is -2.46. The fraction of sp³-hybridized carbons (Fsp3) is 0.455. The average Bonchev–Trinajstić information content (AvgIpc) is 3.27. The van der Waals surface area contributed by atoms with Crippen LogP contribution >= 0.6 is 11.3 Å². The van der Waals surface area contributed by atoms with Crippen LogP contribution in [0.25, 0.3) is 0 Å². The normalized spacial score (nSPS) is 17.4. The number of anilines is 2. The molecule has 3 N–H and O–H groups in total. The van der Waals surface area contributed by atoms with Crippen LogP contribution in [-0.2, 0) is 17.6 Å². The Morgan fingerprint density at radius 1 is 1.33 bits per heavy atom. The second-order valence-corrected chi connectivity index (χ2v) is 9.02. The number of carbonyl (C=O) groups excluding carboxylic acids is 2. The number of likely N-dealkylation sites (N-methyl/N-ethyl adjacent to an activating group) is 2. The fourth-order valence-electron chi connectivity index (χ4n) is 4.35. The number of rotatable bonds is 7. The number of carbonyl (C=O) groups is 2. The van der Waals surface area contributed by atoms with E-state index in [1.165, 1.54) is 16.2 Å². The number of para-hydroxylation sites is 2. The van der Waals surface area contributed by atoms with Crippen LogP contribution in [0.1, 0.15) is 34.1 Å². The van der Waals surface area contributed by atoms with Crippen LogP contribution in [0.2, 0.25) is 0 Å². The summed E-state index contributed by atoms with van der Waals surface area (Å²) in [6.07, 6.45) is 2.82. The van der Waals surface area contributed by atoms with Crippen molar-refractivity contribution in [3.05, 3.63) is 40.3 Å². The minimum atomic E-state index is -0.466. The molecule has 0 saturated heterocycles. The van der Waals surface area contributed by atoms with Gasteiger partial charge in [0.1, 0.15) is 16.9 Å². The fourth-order valence-corrected chi connectivity index (χ4v) is 5.66. The molecule has 0 fully saturated rings. The zero-order valence-corrected chi connectivity index (χ0v) is 18.3. The molecule has 1 aromatic heterocycles. The van der Waals surface area contributed by atoms with Gasteiger partial charge in [-0.15, -0.1) is 11.3 Å². The second kappa shape index (κ2) is 8.65. The SMILES string of the molecule is CCN1CC(CN(C)CC(=O)Nc2sc3c(c2C(N)=O)CCC3)Oc2ccccc21. The van der Waals surface area contributed by atoms with E-state index in [1.807, 2.05) is 30.1 Å². The van der Waals surface area contributed by atoms with Crippen LogP contribution < -0.4 is 20.7 Å². The molecule has 1 atom stereocenters. The highest BCUT2D eigenvalue weighted by Gasteiger charge is 2.28. The number of aryl methyl sites for hydroxylation is 1. The summed E-state index contributed by atoms with van der Waals surface area (Å²) in [5.41, 5.74) is 8.21. The lowest BCUT2D eigenvalue weighted by Gasteiger charge is -2.37. The van der Waals surface area contributed by atoms with E-state index in [2.05, 4.69) is 23.2 Å². The Labute approximate surface area is 180 Å². The van der Waals surface area contributed by atoms with Crippen molar-refractivity contribution in [3.63, 3.8) is 0 Å². The van der Waals surface area contributed by atoms with Gasteiger partial charge in [-0.05, 0) is 50.9 Å². The van der Waals surface area contributed by atoms with Crippen molar-refractivity contribution in [2.75, 3.05) is 43.4 Å². The molecule has 1 aliphatic heterocycles. The molecule has 1 unspecified atom stereocenters. The van der Waals surface area contributed by atoms with Gasteiger partial charge in [-0.1, -0.05) is 12.1 Å². The molecule has 30 heavy (non-hydrogen) atoms. The number of nitrogens with two attached hydrogens (primary N) is 1. The predicted molar refractivity (Wildman–Crippen MR) is 120 cm³/mol. The van der Waals surface area contributed by atoms with Crippen molar-refractivity contribution >= 4 is 33.8 Å². The summed E-state index contributed by atoms with van der Waals surface area (Å²) in [4.78, 5) is 30.0. The molecule has 0 radical (unpaired) electrons. The van der Waals surface area contributed by atoms with Gasteiger partial charge in [0.2, 0.25) is 5.91 Å². The minimum absolute atomic E-state index is 0.0237. The number of benzene rings is 1. The van der Waals surface area contributed by atoms with Crippen molar-refractivity contribution < 1.29 is 14.3 Å². The Bertz CT molecular complexity index is 958. The third-order valence-electron chi connectivity index (χ3n) is 5.65. The molecule has 160 valence electrons. The number of nitrogens with zero attached hydrogens (tertiary/aromatic N) is 2. The van der Waals surface area contributed by atoms with E-state index in [-0.39, 0.29) is 18.6 Å². The van der Waals surface area contributed by atoms with Gasteiger partial charge in [0.05, 0.1) is 24.3 Å². The minimum Gasteiger partial charge on any atom is -0.485 e. The molecule has 0 spiro atoms. The van der Waals surface area contributed by atoms with Crippen molar-refractivity contribution in [1.29, 1.82) is 0 Å². The Kier molecular flexibility index (Phi) is 5.97. The molecule has 8 heteroatoms. The van der Waals surface area contributed by atoms with E-state index >= 15 is 0 Å². The number of hydrogen-bond donors (Lipinski definition) is 2. The molecule has 2 amide bonds. The number of nitrogens with one attached hydrogen (secondary N) is 1. The smallest absolute Gasteiger partial charge is 0.251 e. The summed E-state index contributed by atoms with van der Waals surface area (Å²) in [7, 11) is 1.91. The lowest BCUT2D eigenvalue weighted by atomic mass is 10.1. The standard InChI is InChI=1S/C22H28N4O3S/c1-3-26-12-14(29-17-9-5-4-8-16(17)26)11-25(2)13-19(27)24-22-20(21(23)28)15-7-6-10-18(15)30-22/h4-5,8-9,14H,3,6-7,10-13H2,1-2H3,(H2,23,28)(H,24,27). The first kappa shape index (κ1) is 20.7. The van der Waals surface area contributed by atoms with Crippen molar-refractivity contribution in [2.24, 2.45) is 5.73 Å². The number of ether oxygens (including phenoxy) is 1. The first-order chi connectivity index (χ1) is 14.5. The summed E-state index contributed by atoms with van der Waals surface area (Å²) >= 11 is 1.48. The van der Waals surface area contributed by atoms with Crippen LogP contribution in [-0.4, -0.2) is 56.0 Å². The Morgan fingerprint density at radius 2 is 2.13 bits per heavy atom. The number of thiophene rings is 1. The molecular formula is C22H28N4O3S. The first-order valence-electron chi connectivity index (χ1n) is 10.4. The number of primary amides is 1. The maximum Gasteiger partial charge on any atom is 0.251 e. The molecule has 0 saturated carbocycles. The number of fused-ring (bicyclic) bond motifs is 2. The largest absolute Gasteiger partial charge is 0.485 e. The predicted octanol–water partition coefficient (Wildman–Crippen LogP) is 2.49. The first-order valence-corrected chi connectivity index (χ1v) is 11.2. The van der Waals surface area contributed by atoms with E-state index in [0.29, 0.717) is 17.1 Å². The van der Waals surface area contributed by atoms with Gasteiger partial charge in [-0.2, -0.15) is 0 Å². The van der Waals surface area contributed by atoms with Crippen molar-refractivity contribution in [1.82, 2.24) is 4.90 Å². The van der Waals surface area contributed by atoms with Crippen molar-refractivity contribution in [3.8, 4) is 5.75 Å². The van der Waals surface area contributed by atoms with E-state index in [0.717, 1.165) is 49.4 Å². The van der Waals surface area contributed by atoms with E-state index in [9.17, 15) is 9.59 Å². The summed E-state index contributed by atoms with van der Waals surface area (Å²) in [5, 5.41) is 3.50. The highest BCUT2D eigenvalue weighted by molar-refractivity contribution is 7.17. The van der Waals surface area contributed by atoms with E-state index < -0.39 is 5.91 Å². The average molecular weight is 429 g/mol. The van der Waals surface area contributed by atoms with Gasteiger partial charge in [-0.25, -0.2) is 0 Å². The van der Waals surface area contributed by atoms with Gasteiger partial charge in [-0.3, -0.25) is 14.5 Å². The van der Waals surface area contributed by atoms with Gasteiger partial charge < -0.3 is 20.7 Å². The van der Waals surface area contributed by atoms with Crippen molar-refractivity contribution in [2.45, 2.75) is 32.3 Å². The molecule has 1 aromatic carbocycles. The third kappa shape index (κ3) is 4.15. The molecule has 2 aromatic rings. The molecule has 1 aliphatic carbocycles. The van der Waals surface area contributed by atoms with E-state index in [1.54, 1.807) is 0 Å². The Balaban J connectivity index is 1.37. The molecule has 2 heterocycles. The second-order valence-electron chi connectivity index (χ2n) is 7.92. The summed E-state index contributed by atoms with van der Waals surface area (Å²) in [6, 6.07) is 8.04. The molecule has 0 bridgehead atoms. The maximum absolute atomic E-state index is 12.6. The van der Waals surface area contributed by atoms with Crippen LogP contribution in [0.4, 0.5) is 10.7 Å². The summed E-state index contributed by atoms with van der Waals surface area (Å²) in [5.74, 6) is 0.267. The maximum atomic E-state index is 12.6. The number of hydrogen-bond acceptors (Lipinski definition) is 6. The Morgan fingerprint density at radius 3 is 2.90 bits per heavy atom. The number of amides is 2. The highest BCUT2D eigenvalue weighted by atomic mass is 32.1. The summed E-state index contributed by atoms with van der Waals surface area (Å²) < 4.78 is 6.15. The quantitative estimate of drug-likeness (QED) is 0.708. The highest BCUT2D eigenvalue weighted by Crippen LogP contribution is 2.38. The van der Waals surface area contributed by atoms with Gasteiger partial charge >= 0.3 is 0 Å². The van der Waals surface area contributed by atoms with Gasteiger partial charge in [0.25, 0.3) is 5.91 Å². The van der Waals surface area contributed by atoms with Crippen LogP contribution in [0.3, 0.4) is 0 Å². The van der Waals surface area contributed by atoms with Crippen LogP contribution in [0.5, 0.6) is 5.75 Å². The topological polar surface area (TPSA) is 87.9 Å². The monoisotopic (exact) mass is 428 g/mol. The van der Waals surface area contributed by atoms with E-state index in [4.69, 9.17) is 10.5 Å². The van der Waals surface area contributed by atoms with Gasteiger partial charge in [0.15, 0.2) is 0 Å². The summed E-state index contributed by atoms with van der Waals surface area (Å²) in [6.45, 7) is 4.66. The van der Waals surface area contributed by atoms with Crippen LogP contribution in [0.15, 0.2) is 24.3 Å². The zero-order valence-electron chi connectivity index (χ0n) is 17.4. The lowest BCUT2D eigenvalue weighted by molar-refractivity contribution is -0.117. The third-order valence-corrected chi connectivity index (χ3v) is 6.86.